The molecule has 1 heterocycles. The summed E-state index contributed by atoms with van der Waals surface area (Å²) in [5.74, 6) is 1.44. The summed E-state index contributed by atoms with van der Waals surface area (Å²) in [4.78, 5) is 0. The molecule has 0 aliphatic carbocycles. The maximum absolute atomic E-state index is 6.23. The fraction of sp³-hybridized carbons (Fsp3) is 0.538. The normalized spacial score (nSPS) is 19.7. The highest BCUT2D eigenvalue weighted by atomic mass is 35.5. The fourth-order valence-corrected chi connectivity index (χ4v) is 2.63. The average Bonchev–Trinajstić information content (AvgIpc) is 2.39. The predicted molar refractivity (Wildman–Crippen MR) is 70.9 cm³/mol. The number of halogens is 1. The molecule has 100 valence electrons. The number of hydrogen-bond acceptors (Lipinski definition) is 4. The van der Waals surface area contributed by atoms with E-state index in [1.165, 1.54) is 0 Å². The Bertz CT molecular complexity index is 431. The van der Waals surface area contributed by atoms with Crippen molar-refractivity contribution in [2.75, 3.05) is 33.9 Å². The van der Waals surface area contributed by atoms with E-state index in [9.17, 15) is 0 Å². The van der Waals surface area contributed by atoms with Gasteiger partial charge < -0.3 is 19.5 Å². The number of hydrogen-bond donors (Lipinski definition) is 1. The van der Waals surface area contributed by atoms with Gasteiger partial charge in [0.15, 0.2) is 0 Å². The van der Waals surface area contributed by atoms with Crippen LogP contribution in [0.1, 0.15) is 17.2 Å². The minimum atomic E-state index is -0.0317. The Morgan fingerprint density at radius 2 is 2.06 bits per heavy atom. The Kier molecular flexibility index (Phi) is 4.32. The standard InChI is InChI=1S/C13H18ClNO3/c1-8-12(16-2)9(6-10(14)13(8)17-3)11-7-15-4-5-18-11/h6,11,15H,4-5,7H2,1-3H3. The molecule has 1 fully saturated rings. The van der Waals surface area contributed by atoms with Crippen molar-refractivity contribution in [1.29, 1.82) is 0 Å². The van der Waals surface area contributed by atoms with E-state index in [0.717, 1.165) is 30.0 Å². The first kappa shape index (κ1) is 13.5. The molecular formula is C13H18ClNO3. The smallest absolute Gasteiger partial charge is 0.144 e. The first-order valence-corrected chi connectivity index (χ1v) is 6.30. The minimum Gasteiger partial charge on any atom is -0.496 e. The fourth-order valence-electron chi connectivity index (χ4n) is 2.29. The summed E-state index contributed by atoms with van der Waals surface area (Å²) in [5, 5.41) is 3.88. The Morgan fingerprint density at radius 1 is 1.33 bits per heavy atom. The minimum absolute atomic E-state index is 0.0317. The zero-order valence-corrected chi connectivity index (χ0v) is 11.6. The van der Waals surface area contributed by atoms with E-state index in [2.05, 4.69) is 5.32 Å². The van der Waals surface area contributed by atoms with Crippen LogP contribution in [-0.4, -0.2) is 33.9 Å². The van der Waals surface area contributed by atoms with E-state index in [0.29, 0.717) is 17.4 Å². The number of ether oxygens (including phenoxy) is 3. The van der Waals surface area contributed by atoms with Crippen molar-refractivity contribution in [3.63, 3.8) is 0 Å². The largest absolute Gasteiger partial charge is 0.496 e. The molecule has 1 aliphatic heterocycles. The zero-order chi connectivity index (χ0) is 13.1. The van der Waals surface area contributed by atoms with Crippen LogP contribution in [0.15, 0.2) is 6.07 Å². The van der Waals surface area contributed by atoms with Gasteiger partial charge in [0.05, 0.1) is 32.0 Å². The van der Waals surface area contributed by atoms with Crippen molar-refractivity contribution in [3.05, 3.63) is 22.2 Å². The third-order valence-corrected chi connectivity index (χ3v) is 3.41. The molecule has 0 aromatic heterocycles. The molecule has 1 N–H and O–H groups in total. The van der Waals surface area contributed by atoms with E-state index in [1.54, 1.807) is 14.2 Å². The molecule has 4 nitrogen and oxygen atoms in total. The molecule has 1 aliphatic rings. The molecule has 1 aromatic rings. The van der Waals surface area contributed by atoms with Gasteiger partial charge in [-0.2, -0.15) is 0 Å². The topological polar surface area (TPSA) is 39.7 Å². The number of methoxy groups -OCH3 is 2. The van der Waals surface area contributed by atoms with Crippen LogP contribution < -0.4 is 14.8 Å². The Morgan fingerprint density at radius 3 is 2.61 bits per heavy atom. The van der Waals surface area contributed by atoms with Gasteiger partial charge in [0, 0.05) is 24.2 Å². The van der Waals surface area contributed by atoms with E-state index in [4.69, 9.17) is 25.8 Å². The van der Waals surface area contributed by atoms with E-state index < -0.39 is 0 Å². The number of morpholine rings is 1. The highest BCUT2D eigenvalue weighted by molar-refractivity contribution is 6.32. The molecule has 1 unspecified atom stereocenters. The summed E-state index contributed by atoms with van der Waals surface area (Å²) >= 11 is 6.23. The maximum atomic E-state index is 6.23. The van der Waals surface area contributed by atoms with Gasteiger partial charge in [0.25, 0.3) is 0 Å². The van der Waals surface area contributed by atoms with Crippen LogP contribution in [0, 0.1) is 6.92 Å². The Labute approximate surface area is 112 Å². The van der Waals surface area contributed by atoms with Gasteiger partial charge in [0.2, 0.25) is 0 Å². The highest BCUT2D eigenvalue weighted by Gasteiger charge is 2.24. The lowest BCUT2D eigenvalue weighted by Crippen LogP contribution is -2.33. The third-order valence-electron chi connectivity index (χ3n) is 3.13. The van der Waals surface area contributed by atoms with E-state index in [-0.39, 0.29) is 6.10 Å². The average molecular weight is 272 g/mol. The molecule has 0 spiro atoms. The molecular weight excluding hydrogens is 254 g/mol. The first-order chi connectivity index (χ1) is 8.69. The lowest BCUT2D eigenvalue weighted by Gasteiger charge is -2.26. The van der Waals surface area contributed by atoms with Crippen molar-refractivity contribution in [2.45, 2.75) is 13.0 Å². The molecule has 2 rings (SSSR count). The predicted octanol–water partition coefficient (Wildman–Crippen LogP) is 2.33. The molecule has 1 saturated heterocycles. The van der Waals surface area contributed by atoms with E-state index in [1.807, 2.05) is 13.0 Å². The van der Waals surface area contributed by atoms with Crippen LogP contribution in [0.2, 0.25) is 5.02 Å². The molecule has 1 atom stereocenters. The second-order valence-corrected chi connectivity index (χ2v) is 4.61. The lowest BCUT2D eigenvalue weighted by molar-refractivity contribution is 0.0262. The molecule has 1 aromatic carbocycles. The van der Waals surface area contributed by atoms with Gasteiger partial charge in [-0.05, 0) is 13.0 Å². The SMILES string of the molecule is COc1c(Cl)cc(C2CNCCO2)c(OC)c1C. The van der Waals surface area contributed by atoms with Crippen LogP contribution in [0.5, 0.6) is 11.5 Å². The third kappa shape index (κ3) is 2.41. The lowest BCUT2D eigenvalue weighted by atomic mass is 10.0. The summed E-state index contributed by atoms with van der Waals surface area (Å²) < 4.78 is 16.5. The summed E-state index contributed by atoms with van der Waals surface area (Å²) in [7, 11) is 3.25. The van der Waals surface area contributed by atoms with Crippen LogP contribution >= 0.6 is 11.6 Å². The molecule has 5 heteroatoms. The van der Waals surface area contributed by atoms with Crippen molar-refractivity contribution in [2.24, 2.45) is 0 Å². The van der Waals surface area contributed by atoms with Crippen molar-refractivity contribution < 1.29 is 14.2 Å². The summed E-state index contributed by atoms with van der Waals surface area (Å²) in [6.07, 6.45) is -0.0317. The van der Waals surface area contributed by atoms with Gasteiger partial charge in [-0.25, -0.2) is 0 Å². The Balaban J connectivity index is 2.45. The Hall–Kier alpha value is -0.970. The summed E-state index contributed by atoms with van der Waals surface area (Å²) in [6, 6.07) is 1.86. The van der Waals surface area contributed by atoms with Crippen molar-refractivity contribution in [1.82, 2.24) is 5.32 Å². The number of benzene rings is 1. The van der Waals surface area contributed by atoms with Crippen LogP contribution in [-0.2, 0) is 4.74 Å². The van der Waals surface area contributed by atoms with Crippen LogP contribution in [0.4, 0.5) is 0 Å². The summed E-state index contributed by atoms with van der Waals surface area (Å²) in [5.41, 5.74) is 1.87. The van der Waals surface area contributed by atoms with Crippen LogP contribution in [0.3, 0.4) is 0 Å². The first-order valence-electron chi connectivity index (χ1n) is 5.92. The molecule has 0 saturated carbocycles. The van der Waals surface area contributed by atoms with Gasteiger partial charge in [0.1, 0.15) is 11.5 Å². The van der Waals surface area contributed by atoms with Gasteiger partial charge >= 0.3 is 0 Å². The zero-order valence-electron chi connectivity index (χ0n) is 10.9. The van der Waals surface area contributed by atoms with Crippen molar-refractivity contribution >= 4 is 11.6 Å². The quantitative estimate of drug-likeness (QED) is 0.916. The monoisotopic (exact) mass is 271 g/mol. The van der Waals surface area contributed by atoms with Gasteiger partial charge in [-0.3, -0.25) is 0 Å². The second kappa shape index (κ2) is 5.78. The molecule has 0 amide bonds. The van der Waals surface area contributed by atoms with Crippen molar-refractivity contribution in [3.8, 4) is 11.5 Å². The number of rotatable bonds is 3. The summed E-state index contributed by atoms with van der Waals surface area (Å²) in [6.45, 7) is 4.26. The molecule has 0 radical (unpaired) electrons. The second-order valence-electron chi connectivity index (χ2n) is 4.20. The highest BCUT2D eigenvalue weighted by Crippen LogP contribution is 2.41. The van der Waals surface area contributed by atoms with E-state index >= 15 is 0 Å². The number of nitrogens with one attached hydrogen (secondary N) is 1. The molecule has 0 bridgehead atoms. The molecule has 18 heavy (non-hydrogen) atoms. The maximum Gasteiger partial charge on any atom is 0.144 e. The van der Waals surface area contributed by atoms with Crippen LogP contribution in [0.25, 0.3) is 0 Å². The van der Waals surface area contributed by atoms with Gasteiger partial charge in [-0.15, -0.1) is 0 Å². The van der Waals surface area contributed by atoms with Gasteiger partial charge in [-0.1, -0.05) is 11.6 Å².